The molecule has 7 heteroatoms. The molecule has 1 aliphatic heterocycles. The number of amides is 1. The van der Waals surface area contributed by atoms with E-state index in [2.05, 4.69) is 15.3 Å². The molecule has 2 aromatic carbocycles. The maximum absolute atomic E-state index is 11.1. The standard InChI is InChI=1S/C23H26N4O3/c1-29-20-11-18-19(12-21(20)30-13-16-6-8-25-9-7-16)26-14-27-23(18)17-4-2-15(3-5-17)10-22(24)28/h2-5,11-12,14,16,25H,6-10,13H2,1H3,(H2,24,28). The summed E-state index contributed by atoms with van der Waals surface area (Å²) in [6.07, 6.45) is 4.01. The molecule has 0 spiro atoms. The highest BCUT2D eigenvalue weighted by Crippen LogP contribution is 2.36. The van der Waals surface area contributed by atoms with Gasteiger partial charge in [-0.1, -0.05) is 24.3 Å². The molecule has 1 amide bonds. The Morgan fingerprint density at radius 3 is 2.60 bits per heavy atom. The lowest BCUT2D eigenvalue weighted by Crippen LogP contribution is -2.30. The van der Waals surface area contributed by atoms with Gasteiger partial charge >= 0.3 is 0 Å². The number of primary amides is 1. The number of carbonyl (C=O) groups is 1. The molecule has 1 aliphatic rings. The first kappa shape index (κ1) is 20.1. The minimum Gasteiger partial charge on any atom is -0.493 e. The van der Waals surface area contributed by atoms with Gasteiger partial charge in [0, 0.05) is 17.0 Å². The highest BCUT2D eigenvalue weighted by atomic mass is 16.5. The molecule has 1 fully saturated rings. The summed E-state index contributed by atoms with van der Waals surface area (Å²) in [6.45, 7) is 2.75. The molecule has 3 aromatic rings. The number of hydrogen-bond donors (Lipinski definition) is 2. The monoisotopic (exact) mass is 406 g/mol. The van der Waals surface area contributed by atoms with Gasteiger partial charge in [-0.25, -0.2) is 9.97 Å². The van der Waals surface area contributed by atoms with Crippen LogP contribution in [-0.4, -0.2) is 42.7 Å². The van der Waals surface area contributed by atoms with Crippen molar-refractivity contribution in [2.24, 2.45) is 11.7 Å². The molecule has 0 atom stereocenters. The minimum absolute atomic E-state index is 0.219. The van der Waals surface area contributed by atoms with Crippen LogP contribution in [0.2, 0.25) is 0 Å². The zero-order valence-corrected chi connectivity index (χ0v) is 17.1. The van der Waals surface area contributed by atoms with Crippen molar-refractivity contribution in [1.29, 1.82) is 0 Å². The van der Waals surface area contributed by atoms with Crippen LogP contribution < -0.4 is 20.5 Å². The van der Waals surface area contributed by atoms with Crippen molar-refractivity contribution < 1.29 is 14.3 Å². The Balaban J connectivity index is 1.63. The third-order valence-corrected chi connectivity index (χ3v) is 5.46. The number of benzene rings is 2. The molecular weight excluding hydrogens is 380 g/mol. The van der Waals surface area contributed by atoms with Gasteiger partial charge in [0.15, 0.2) is 11.5 Å². The maximum Gasteiger partial charge on any atom is 0.221 e. The lowest BCUT2D eigenvalue weighted by atomic mass is 9.99. The van der Waals surface area contributed by atoms with Gasteiger partial charge in [0.05, 0.1) is 31.3 Å². The number of hydrogen-bond acceptors (Lipinski definition) is 6. The van der Waals surface area contributed by atoms with Crippen LogP contribution >= 0.6 is 0 Å². The van der Waals surface area contributed by atoms with Crippen LogP contribution in [-0.2, 0) is 11.2 Å². The summed E-state index contributed by atoms with van der Waals surface area (Å²) in [5.74, 6) is 1.56. The fourth-order valence-electron chi connectivity index (χ4n) is 3.80. The van der Waals surface area contributed by atoms with Crippen molar-refractivity contribution in [1.82, 2.24) is 15.3 Å². The van der Waals surface area contributed by atoms with Gasteiger partial charge in [-0.3, -0.25) is 4.79 Å². The minimum atomic E-state index is -0.350. The number of rotatable bonds is 7. The molecule has 0 aliphatic carbocycles. The highest BCUT2D eigenvalue weighted by molar-refractivity contribution is 5.94. The third kappa shape index (κ3) is 4.52. The van der Waals surface area contributed by atoms with Crippen LogP contribution in [0.1, 0.15) is 18.4 Å². The maximum atomic E-state index is 11.1. The van der Waals surface area contributed by atoms with Crippen LogP contribution in [0, 0.1) is 5.92 Å². The summed E-state index contributed by atoms with van der Waals surface area (Å²) in [6, 6.07) is 11.5. The predicted molar refractivity (Wildman–Crippen MR) is 116 cm³/mol. The predicted octanol–water partition coefficient (Wildman–Crippen LogP) is 2.71. The van der Waals surface area contributed by atoms with E-state index in [0.29, 0.717) is 24.0 Å². The lowest BCUT2D eigenvalue weighted by Gasteiger charge is -2.23. The van der Waals surface area contributed by atoms with Crippen LogP contribution in [0.4, 0.5) is 0 Å². The number of nitrogens with two attached hydrogens (primary N) is 1. The molecule has 0 bridgehead atoms. The molecule has 3 N–H and O–H groups in total. The number of aromatic nitrogens is 2. The second kappa shape index (κ2) is 9.09. The van der Waals surface area contributed by atoms with Crippen molar-refractivity contribution in [2.75, 3.05) is 26.8 Å². The van der Waals surface area contributed by atoms with E-state index in [1.807, 2.05) is 36.4 Å². The van der Waals surface area contributed by atoms with E-state index in [1.165, 1.54) is 0 Å². The molecule has 2 heterocycles. The largest absolute Gasteiger partial charge is 0.493 e. The third-order valence-electron chi connectivity index (χ3n) is 5.46. The van der Waals surface area contributed by atoms with E-state index in [0.717, 1.165) is 53.7 Å². The van der Waals surface area contributed by atoms with Gasteiger partial charge in [-0.15, -0.1) is 0 Å². The van der Waals surface area contributed by atoms with Crippen molar-refractivity contribution in [3.63, 3.8) is 0 Å². The first-order chi connectivity index (χ1) is 14.6. The second-order valence-corrected chi connectivity index (χ2v) is 7.59. The van der Waals surface area contributed by atoms with E-state index in [9.17, 15) is 4.79 Å². The van der Waals surface area contributed by atoms with Crippen molar-refractivity contribution in [2.45, 2.75) is 19.3 Å². The smallest absolute Gasteiger partial charge is 0.221 e. The number of nitrogens with one attached hydrogen (secondary N) is 1. The number of piperidine rings is 1. The number of fused-ring (bicyclic) bond motifs is 1. The molecule has 7 nitrogen and oxygen atoms in total. The van der Waals surface area contributed by atoms with Gasteiger partial charge in [-0.2, -0.15) is 0 Å². The Kier molecular flexibility index (Phi) is 6.09. The summed E-state index contributed by atoms with van der Waals surface area (Å²) >= 11 is 0. The summed E-state index contributed by atoms with van der Waals surface area (Å²) < 4.78 is 11.7. The fraction of sp³-hybridized carbons (Fsp3) is 0.348. The molecule has 4 rings (SSSR count). The van der Waals surface area contributed by atoms with Gasteiger partial charge in [-0.05, 0) is 43.5 Å². The van der Waals surface area contributed by atoms with E-state index in [-0.39, 0.29) is 12.3 Å². The van der Waals surface area contributed by atoms with E-state index < -0.39 is 0 Å². The van der Waals surface area contributed by atoms with Gasteiger partial charge in [0.2, 0.25) is 5.91 Å². The SMILES string of the molecule is COc1cc2c(-c3ccc(CC(N)=O)cc3)ncnc2cc1OCC1CCNCC1. The number of ether oxygens (including phenoxy) is 2. The quantitative estimate of drug-likeness (QED) is 0.626. The molecular formula is C23H26N4O3. The average Bonchev–Trinajstić information content (AvgIpc) is 2.77. The van der Waals surface area contributed by atoms with Gasteiger partial charge < -0.3 is 20.5 Å². The molecule has 156 valence electrons. The highest BCUT2D eigenvalue weighted by Gasteiger charge is 2.17. The first-order valence-corrected chi connectivity index (χ1v) is 10.2. The van der Waals surface area contributed by atoms with E-state index >= 15 is 0 Å². The molecule has 0 unspecified atom stereocenters. The zero-order valence-electron chi connectivity index (χ0n) is 17.1. The topological polar surface area (TPSA) is 99.4 Å². The Bertz CT molecular complexity index is 1030. The Morgan fingerprint density at radius 1 is 1.13 bits per heavy atom. The normalized spacial score (nSPS) is 14.6. The summed E-state index contributed by atoms with van der Waals surface area (Å²) in [5, 5.41) is 4.25. The number of nitrogens with zero attached hydrogens (tertiary/aromatic N) is 2. The Hall–Kier alpha value is -3.19. The Morgan fingerprint density at radius 2 is 1.90 bits per heavy atom. The zero-order chi connectivity index (χ0) is 20.9. The van der Waals surface area contributed by atoms with Gasteiger partial charge in [0.1, 0.15) is 6.33 Å². The first-order valence-electron chi connectivity index (χ1n) is 10.2. The molecule has 0 saturated carbocycles. The number of carbonyl (C=O) groups excluding carboxylic acids is 1. The molecule has 0 radical (unpaired) electrons. The van der Waals surface area contributed by atoms with Crippen molar-refractivity contribution in [3.05, 3.63) is 48.3 Å². The van der Waals surface area contributed by atoms with E-state index in [1.54, 1.807) is 13.4 Å². The van der Waals surface area contributed by atoms with Crippen molar-refractivity contribution >= 4 is 16.8 Å². The van der Waals surface area contributed by atoms with Crippen LogP contribution in [0.3, 0.4) is 0 Å². The molecule has 30 heavy (non-hydrogen) atoms. The van der Waals surface area contributed by atoms with Crippen molar-refractivity contribution in [3.8, 4) is 22.8 Å². The average molecular weight is 406 g/mol. The van der Waals surface area contributed by atoms with Crippen LogP contribution in [0.5, 0.6) is 11.5 Å². The summed E-state index contributed by atoms with van der Waals surface area (Å²) in [5.41, 5.74) is 8.67. The van der Waals surface area contributed by atoms with E-state index in [4.69, 9.17) is 15.2 Å². The fourth-order valence-corrected chi connectivity index (χ4v) is 3.80. The summed E-state index contributed by atoms with van der Waals surface area (Å²) in [7, 11) is 1.64. The van der Waals surface area contributed by atoms with Crippen LogP contribution in [0.25, 0.3) is 22.2 Å². The molecule has 1 saturated heterocycles. The second-order valence-electron chi connectivity index (χ2n) is 7.59. The number of methoxy groups -OCH3 is 1. The molecule has 1 aromatic heterocycles. The van der Waals surface area contributed by atoms with Crippen LogP contribution in [0.15, 0.2) is 42.7 Å². The van der Waals surface area contributed by atoms with Gasteiger partial charge in [0.25, 0.3) is 0 Å². The lowest BCUT2D eigenvalue weighted by molar-refractivity contribution is -0.117. The summed E-state index contributed by atoms with van der Waals surface area (Å²) in [4.78, 5) is 20.1. The Labute approximate surface area is 175 Å².